The molecule has 1 saturated carbocycles. The zero-order valence-corrected chi connectivity index (χ0v) is 20.3. The fourth-order valence-corrected chi connectivity index (χ4v) is 5.65. The van der Waals surface area contributed by atoms with Crippen LogP contribution < -0.4 is 0 Å². The average Bonchev–Trinajstić information content (AvgIpc) is 2.79. The molecule has 0 unspecified atom stereocenters. The van der Waals surface area contributed by atoms with Gasteiger partial charge in [-0.1, -0.05) is 24.3 Å². The van der Waals surface area contributed by atoms with Crippen LogP contribution in [0.4, 0.5) is 0 Å². The fourth-order valence-electron chi connectivity index (χ4n) is 4.12. The van der Waals surface area contributed by atoms with Crippen LogP contribution in [0.15, 0.2) is 58.3 Å². The van der Waals surface area contributed by atoms with Crippen molar-refractivity contribution in [2.24, 2.45) is 0 Å². The minimum absolute atomic E-state index is 0.595. The standard InChI is InChI=1S/C26H34O4S2/c1-5-23-6-2-21(1)25-9-10-26(25)22-3-7-24(8-4-22)32-20-18-30-16-14-28-12-11-27-13-15-29-17-19-31-23/h1-8,25-26H,9-20H2/t25-,26-/m1/s1. The lowest BCUT2D eigenvalue weighted by Gasteiger charge is -2.37. The summed E-state index contributed by atoms with van der Waals surface area (Å²) in [5.74, 6) is 3.20. The third-order valence-electron chi connectivity index (χ3n) is 6.00. The van der Waals surface area contributed by atoms with Crippen LogP contribution in [-0.2, 0) is 18.9 Å². The van der Waals surface area contributed by atoms with E-state index in [0.29, 0.717) is 51.5 Å². The van der Waals surface area contributed by atoms with E-state index in [-0.39, 0.29) is 0 Å². The highest BCUT2D eigenvalue weighted by atomic mass is 32.2. The molecule has 6 heteroatoms. The van der Waals surface area contributed by atoms with Crippen LogP contribution in [0, 0.1) is 0 Å². The summed E-state index contributed by atoms with van der Waals surface area (Å²) in [6.45, 7) is 5.15. The molecule has 0 radical (unpaired) electrons. The van der Waals surface area contributed by atoms with E-state index in [1.165, 1.54) is 33.8 Å². The van der Waals surface area contributed by atoms with Crippen LogP contribution in [-0.4, -0.2) is 64.4 Å². The third kappa shape index (κ3) is 7.51. The zero-order valence-electron chi connectivity index (χ0n) is 18.7. The van der Waals surface area contributed by atoms with Gasteiger partial charge in [-0.2, -0.15) is 0 Å². The number of rotatable bonds is 0. The molecular weight excluding hydrogens is 440 g/mol. The van der Waals surface area contributed by atoms with Crippen molar-refractivity contribution in [3.8, 4) is 0 Å². The van der Waals surface area contributed by atoms with Gasteiger partial charge in [0.1, 0.15) is 0 Å². The van der Waals surface area contributed by atoms with Crippen molar-refractivity contribution in [2.75, 3.05) is 64.4 Å². The van der Waals surface area contributed by atoms with Crippen molar-refractivity contribution in [1.82, 2.24) is 0 Å². The van der Waals surface area contributed by atoms with Crippen LogP contribution in [0.5, 0.6) is 0 Å². The SMILES string of the molecule is c1cc2ccc1SCCOCCOCCOCCOCCSc1ccc(cc1)[C@H]1CC[C@H]21. The van der Waals surface area contributed by atoms with Gasteiger partial charge in [0, 0.05) is 21.3 Å². The van der Waals surface area contributed by atoms with Gasteiger partial charge >= 0.3 is 0 Å². The van der Waals surface area contributed by atoms with E-state index in [9.17, 15) is 0 Å². The molecule has 32 heavy (non-hydrogen) atoms. The lowest BCUT2D eigenvalue weighted by Crippen LogP contribution is -2.21. The normalized spacial score (nSPS) is 24.5. The zero-order chi connectivity index (χ0) is 21.8. The Labute approximate surface area is 200 Å². The van der Waals surface area contributed by atoms with E-state index in [1.807, 2.05) is 23.5 Å². The van der Waals surface area contributed by atoms with Gasteiger partial charge in [-0.05, 0) is 60.1 Å². The largest absolute Gasteiger partial charge is 0.378 e. The quantitative estimate of drug-likeness (QED) is 0.494. The van der Waals surface area contributed by atoms with Gasteiger partial charge in [0.05, 0.1) is 52.9 Å². The number of hydrogen-bond acceptors (Lipinski definition) is 6. The summed E-state index contributed by atoms with van der Waals surface area (Å²) < 4.78 is 22.4. The number of ether oxygens (including phenoxy) is 4. The summed E-state index contributed by atoms with van der Waals surface area (Å²) in [5.41, 5.74) is 2.94. The molecule has 3 aliphatic heterocycles. The molecule has 0 N–H and O–H groups in total. The van der Waals surface area contributed by atoms with E-state index in [4.69, 9.17) is 18.9 Å². The Morgan fingerprint density at radius 1 is 0.469 bits per heavy atom. The summed E-state index contributed by atoms with van der Waals surface area (Å²) >= 11 is 3.71. The summed E-state index contributed by atoms with van der Waals surface area (Å²) in [5, 5.41) is 0. The molecule has 0 saturated heterocycles. The van der Waals surface area contributed by atoms with Crippen molar-refractivity contribution in [2.45, 2.75) is 34.5 Å². The highest BCUT2D eigenvalue weighted by Crippen LogP contribution is 2.49. The first-order valence-electron chi connectivity index (χ1n) is 11.7. The van der Waals surface area contributed by atoms with Crippen molar-refractivity contribution in [3.05, 3.63) is 59.7 Å². The summed E-state index contributed by atoms with van der Waals surface area (Å²) in [4.78, 5) is 2.63. The predicted molar refractivity (Wildman–Crippen MR) is 132 cm³/mol. The topological polar surface area (TPSA) is 36.9 Å². The predicted octanol–water partition coefficient (Wildman–Crippen LogP) is 5.61. The number of fused-ring (bicyclic) bond motifs is 2. The first kappa shape index (κ1) is 24.1. The van der Waals surface area contributed by atoms with Crippen LogP contribution in [0.25, 0.3) is 0 Å². The Morgan fingerprint density at radius 2 is 0.812 bits per heavy atom. The molecule has 2 aromatic rings. The second kappa shape index (κ2) is 13.6. The minimum Gasteiger partial charge on any atom is -0.378 e. The fraction of sp³-hybridized carbons (Fsp3) is 0.538. The lowest BCUT2D eigenvalue weighted by molar-refractivity contribution is 0.00146. The van der Waals surface area contributed by atoms with Crippen molar-refractivity contribution in [1.29, 1.82) is 0 Å². The van der Waals surface area contributed by atoms with E-state index >= 15 is 0 Å². The van der Waals surface area contributed by atoms with Gasteiger partial charge < -0.3 is 18.9 Å². The lowest BCUT2D eigenvalue weighted by atomic mass is 9.67. The minimum atomic E-state index is 0.595. The molecule has 4 nitrogen and oxygen atoms in total. The van der Waals surface area contributed by atoms with Crippen molar-refractivity contribution < 1.29 is 18.9 Å². The van der Waals surface area contributed by atoms with Gasteiger partial charge in [-0.15, -0.1) is 23.5 Å². The average molecular weight is 475 g/mol. The molecule has 1 fully saturated rings. The molecule has 2 atom stereocenters. The summed E-state index contributed by atoms with van der Waals surface area (Å²) in [7, 11) is 0. The molecule has 4 aliphatic rings. The molecule has 0 spiro atoms. The first-order valence-corrected chi connectivity index (χ1v) is 13.6. The number of thioether (sulfide) groups is 2. The maximum Gasteiger partial charge on any atom is 0.0701 e. The van der Waals surface area contributed by atoms with Crippen molar-refractivity contribution in [3.63, 3.8) is 0 Å². The Kier molecular flexibility index (Phi) is 10.3. The van der Waals surface area contributed by atoms with Gasteiger partial charge in [0.15, 0.2) is 0 Å². The number of benzene rings is 2. The third-order valence-corrected chi connectivity index (χ3v) is 7.95. The Hall–Kier alpha value is -1.02. The van der Waals surface area contributed by atoms with E-state index in [1.54, 1.807) is 0 Å². The molecule has 174 valence electrons. The van der Waals surface area contributed by atoms with Crippen LogP contribution in [0.2, 0.25) is 0 Å². The smallest absolute Gasteiger partial charge is 0.0701 e. The first-order chi connectivity index (χ1) is 15.9. The van der Waals surface area contributed by atoms with Crippen molar-refractivity contribution >= 4 is 23.5 Å². The van der Waals surface area contributed by atoms with E-state index in [0.717, 1.165) is 24.7 Å². The number of hydrogen-bond donors (Lipinski definition) is 0. The van der Waals surface area contributed by atoms with E-state index in [2.05, 4.69) is 48.5 Å². The Morgan fingerprint density at radius 3 is 1.16 bits per heavy atom. The Bertz CT molecular complexity index is 714. The van der Waals surface area contributed by atoms with Gasteiger partial charge in [0.25, 0.3) is 0 Å². The van der Waals surface area contributed by atoms with Gasteiger partial charge in [0.2, 0.25) is 0 Å². The maximum atomic E-state index is 5.67. The second-order valence-electron chi connectivity index (χ2n) is 8.07. The Balaban J connectivity index is 1.32. The molecule has 4 bridgehead atoms. The molecule has 2 aromatic carbocycles. The van der Waals surface area contributed by atoms with Crippen LogP contribution >= 0.6 is 23.5 Å². The molecule has 3 heterocycles. The molecule has 0 amide bonds. The molecular formula is C26H34O4S2. The molecule has 6 rings (SSSR count). The second-order valence-corrected chi connectivity index (χ2v) is 10.4. The highest BCUT2D eigenvalue weighted by Gasteiger charge is 2.33. The highest BCUT2D eigenvalue weighted by molar-refractivity contribution is 7.99. The molecule has 1 aliphatic carbocycles. The van der Waals surface area contributed by atoms with E-state index < -0.39 is 0 Å². The van der Waals surface area contributed by atoms with Crippen LogP contribution in [0.1, 0.15) is 35.8 Å². The van der Waals surface area contributed by atoms with Crippen LogP contribution in [0.3, 0.4) is 0 Å². The van der Waals surface area contributed by atoms with Gasteiger partial charge in [-0.3, -0.25) is 0 Å². The monoisotopic (exact) mass is 474 g/mol. The van der Waals surface area contributed by atoms with Gasteiger partial charge in [-0.25, -0.2) is 0 Å². The summed E-state index contributed by atoms with van der Waals surface area (Å²) in [6.07, 6.45) is 2.56. The molecule has 0 aromatic heterocycles. The summed E-state index contributed by atoms with van der Waals surface area (Å²) in [6, 6.07) is 18.4. The maximum absolute atomic E-state index is 5.67.